The average Bonchev–Trinajstić information content (AvgIpc) is 3.30. The molecular formula is C16H16N6OS. The van der Waals surface area contributed by atoms with Crippen molar-refractivity contribution < 1.29 is 4.79 Å². The quantitative estimate of drug-likeness (QED) is 0.675. The number of carbonyl (C=O) groups is 1. The first-order valence-corrected chi connectivity index (χ1v) is 8.83. The van der Waals surface area contributed by atoms with Crippen LogP contribution in [0.5, 0.6) is 0 Å². The van der Waals surface area contributed by atoms with E-state index in [1.54, 1.807) is 16.9 Å². The molecule has 0 N–H and O–H groups in total. The Bertz CT molecular complexity index is 859. The summed E-state index contributed by atoms with van der Waals surface area (Å²) >= 11 is 1.45. The minimum atomic E-state index is 0.178. The van der Waals surface area contributed by atoms with Crippen molar-refractivity contribution in [3.05, 3.63) is 36.7 Å². The van der Waals surface area contributed by atoms with Gasteiger partial charge >= 0.3 is 0 Å². The lowest BCUT2D eigenvalue weighted by Crippen LogP contribution is -2.29. The number of aromatic nitrogens is 5. The van der Waals surface area contributed by atoms with Crippen LogP contribution in [0, 0.1) is 0 Å². The van der Waals surface area contributed by atoms with E-state index in [0.29, 0.717) is 17.2 Å². The third kappa shape index (κ3) is 2.96. The second kappa shape index (κ2) is 6.56. The Morgan fingerprint density at radius 1 is 1.08 bits per heavy atom. The summed E-state index contributed by atoms with van der Waals surface area (Å²) in [6.45, 7) is 1.76. The van der Waals surface area contributed by atoms with Crippen LogP contribution in [0.15, 0.2) is 41.7 Å². The summed E-state index contributed by atoms with van der Waals surface area (Å²) in [6.07, 6.45) is 5.64. The van der Waals surface area contributed by atoms with E-state index in [1.807, 2.05) is 29.2 Å². The summed E-state index contributed by atoms with van der Waals surface area (Å²) in [7, 11) is 0. The molecule has 4 heterocycles. The van der Waals surface area contributed by atoms with Crippen molar-refractivity contribution in [3.8, 4) is 11.4 Å². The molecule has 122 valence electrons. The number of nitrogens with zero attached hydrogens (tertiary/aromatic N) is 6. The Balaban J connectivity index is 1.55. The van der Waals surface area contributed by atoms with Crippen LogP contribution >= 0.6 is 11.8 Å². The smallest absolute Gasteiger partial charge is 0.232 e. The maximum atomic E-state index is 12.2. The third-order valence-corrected chi connectivity index (χ3v) is 4.88. The molecule has 1 aliphatic rings. The largest absolute Gasteiger partial charge is 0.342 e. The third-order valence-electron chi connectivity index (χ3n) is 3.98. The van der Waals surface area contributed by atoms with Gasteiger partial charge in [-0.05, 0) is 37.1 Å². The van der Waals surface area contributed by atoms with Crippen LogP contribution in [-0.4, -0.2) is 54.4 Å². The topological polar surface area (TPSA) is 76.3 Å². The molecule has 3 aromatic rings. The average molecular weight is 340 g/mol. The molecule has 0 radical (unpaired) electrons. The lowest BCUT2D eigenvalue weighted by atomic mass is 10.2. The number of pyridine rings is 1. The van der Waals surface area contributed by atoms with Gasteiger partial charge in [0.2, 0.25) is 5.91 Å². The van der Waals surface area contributed by atoms with Gasteiger partial charge in [-0.3, -0.25) is 9.78 Å². The van der Waals surface area contributed by atoms with Crippen LogP contribution < -0.4 is 0 Å². The number of hydrogen-bond donors (Lipinski definition) is 0. The van der Waals surface area contributed by atoms with E-state index in [-0.39, 0.29) is 5.91 Å². The molecule has 7 nitrogen and oxygen atoms in total. The molecule has 1 aliphatic heterocycles. The second-order valence-corrected chi connectivity index (χ2v) is 6.57. The lowest BCUT2D eigenvalue weighted by Gasteiger charge is -2.14. The number of carbonyl (C=O) groups excluding carboxylic acids is 1. The minimum Gasteiger partial charge on any atom is -0.342 e. The molecule has 3 aromatic heterocycles. The molecule has 0 aromatic carbocycles. The van der Waals surface area contributed by atoms with Gasteiger partial charge < -0.3 is 4.90 Å². The molecule has 1 saturated heterocycles. The zero-order valence-electron chi connectivity index (χ0n) is 13.0. The zero-order chi connectivity index (χ0) is 16.4. The van der Waals surface area contributed by atoms with Crippen molar-refractivity contribution in [2.75, 3.05) is 18.8 Å². The van der Waals surface area contributed by atoms with Gasteiger partial charge in [-0.15, -0.1) is 10.2 Å². The summed E-state index contributed by atoms with van der Waals surface area (Å²) in [5, 5.41) is 13.7. The van der Waals surface area contributed by atoms with Gasteiger partial charge in [-0.25, -0.2) is 0 Å². The molecule has 1 amide bonds. The van der Waals surface area contributed by atoms with Crippen molar-refractivity contribution in [3.63, 3.8) is 0 Å². The highest BCUT2D eigenvalue weighted by Crippen LogP contribution is 2.21. The molecule has 4 rings (SSSR count). The molecule has 0 saturated carbocycles. The van der Waals surface area contributed by atoms with Gasteiger partial charge in [0, 0.05) is 31.0 Å². The predicted molar refractivity (Wildman–Crippen MR) is 90.6 cm³/mol. The van der Waals surface area contributed by atoms with Gasteiger partial charge in [0.15, 0.2) is 11.5 Å². The fourth-order valence-corrected chi connectivity index (χ4v) is 3.48. The van der Waals surface area contributed by atoms with E-state index >= 15 is 0 Å². The highest BCUT2D eigenvalue weighted by molar-refractivity contribution is 7.99. The van der Waals surface area contributed by atoms with E-state index in [1.165, 1.54) is 11.8 Å². The first kappa shape index (κ1) is 15.1. The van der Waals surface area contributed by atoms with Crippen molar-refractivity contribution >= 4 is 23.3 Å². The molecule has 0 aliphatic carbocycles. The molecule has 8 heteroatoms. The Labute approximate surface area is 143 Å². The molecule has 0 spiro atoms. The van der Waals surface area contributed by atoms with Gasteiger partial charge in [-0.1, -0.05) is 11.8 Å². The van der Waals surface area contributed by atoms with Gasteiger partial charge in [0.25, 0.3) is 0 Å². The van der Waals surface area contributed by atoms with Crippen LogP contribution in [0.4, 0.5) is 0 Å². The summed E-state index contributed by atoms with van der Waals surface area (Å²) in [5.41, 5.74) is 1.58. The molecule has 24 heavy (non-hydrogen) atoms. The Morgan fingerprint density at radius 2 is 1.88 bits per heavy atom. The summed E-state index contributed by atoms with van der Waals surface area (Å²) in [6, 6.07) is 7.49. The fourth-order valence-electron chi connectivity index (χ4n) is 2.72. The number of rotatable bonds is 4. The number of amides is 1. The van der Waals surface area contributed by atoms with Crippen LogP contribution in [0.1, 0.15) is 12.8 Å². The van der Waals surface area contributed by atoms with Crippen molar-refractivity contribution in [2.24, 2.45) is 0 Å². The van der Waals surface area contributed by atoms with Crippen LogP contribution in [-0.2, 0) is 4.79 Å². The Kier molecular flexibility index (Phi) is 4.12. The zero-order valence-corrected chi connectivity index (χ0v) is 13.8. The van der Waals surface area contributed by atoms with E-state index in [9.17, 15) is 4.79 Å². The molecule has 1 fully saturated rings. The molecule has 0 atom stereocenters. The van der Waals surface area contributed by atoms with Crippen LogP contribution in [0.2, 0.25) is 0 Å². The van der Waals surface area contributed by atoms with E-state index in [2.05, 4.69) is 20.3 Å². The SMILES string of the molecule is O=C(CSc1ccc2nnc(-c3ccncc3)n2n1)N1CCCC1. The number of fused-ring (bicyclic) bond motifs is 1. The number of hydrogen-bond acceptors (Lipinski definition) is 6. The van der Waals surface area contributed by atoms with Gasteiger partial charge in [0.1, 0.15) is 5.03 Å². The first-order chi connectivity index (χ1) is 11.8. The van der Waals surface area contributed by atoms with Crippen molar-refractivity contribution in [2.45, 2.75) is 17.9 Å². The standard InChI is InChI=1S/C16H16N6OS/c23-15(21-9-1-2-10-21)11-24-14-4-3-13-18-19-16(22(13)20-14)12-5-7-17-8-6-12/h3-8H,1-2,9-11H2. The summed E-state index contributed by atoms with van der Waals surface area (Å²) in [5.74, 6) is 1.25. The maximum absolute atomic E-state index is 12.2. The summed E-state index contributed by atoms with van der Waals surface area (Å²) < 4.78 is 1.71. The molecule has 0 unspecified atom stereocenters. The predicted octanol–water partition coefficient (Wildman–Crippen LogP) is 1.90. The Hall–Kier alpha value is -2.48. The number of likely N-dealkylation sites (tertiary alicyclic amines) is 1. The first-order valence-electron chi connectivity index (χ1n) is 7.85. The van der Waals surface area contributed by atoms with Gasteiger partial charge in [-0.2, -0.15) is 9.61 Å². The highest BCUT2D eigenvalue weighted by atomic mass is 32.2. The van der Waals surface area contributed by atoms with Gasteiger partial charge in [0.05, 0.1) is 5.75 Å². The van der Waals surface area contributed by atoms with Crippen molar-refractivity contribution in [1.29, 1.82) is 0 Å². The Morgan fingerprint density at radius 3 is 2.67 bits per heavy atom. The van der Waals surface area contributed by atoms with E-state index in [0.717, 1.165) is 36.5 Å². The van der Waals surface area contributed by atoms with Crippen LogP contribution in [0.25, 0.3) is 17.0 Å². The molecule has 0 bridgehead atoms. The minimum absolute atomic E-state index is 0.178. The number of thioether (sulfide) groups is 1. The second-order valence-electron chi connectivity index (χ2n) is 5.58. The monoisotopic (exact) mass is 340 g/mol. The van der Waals surface area contributed by atoms with Crippen LogP contribution in [0.3, 0.4) is 0 Å². The lowest BCUT2D eigenvalue weighted by molar-refractivity contribution is -0.127. The molecular weight excluding hydrogens is 324 g/mol. The van der Waals surface area contributed by atoms with Crippen molar-refractivity contribution in [1.82, 2.24) is 29.7 Å². The highest BCUT2D eigenvalue weighted by Gasteiger charge is 2.18. The maximum Gasteiger partial charge on any atom is 0.232 e. The normalized spacial score (nSPS) is 14.4. The fraction of sp³-hybridized carbons (Fsp3) is 0.312. The summed E-state index contributed by atoms with van der Waals surface area (Å²) in [4.78, 5) is 18.1. The van der Waals surface area contributed by atoms with E-state index in [4.69, 9.17) is 0 Å². The van der Waals surface area contributed by atoms with E-state index < -0.39 is 0 Å².